The van der Waals surface area contributed by atoms with Crippen LogP contribution in [0.2, 0.25) is 0 Å². The van der Waals surface area contributed by atoms with Gasteiger partial charge in [-0.3, -0.25) is 11.0 Å². The molecule has 60 valence electrons. The molecule has 10 heavy (non-hydrogen) atoms. The zero-order valence-corrected chi connectivity index (χ0v) is 8.01. The van der Waals surface area contributed by atoms with Crippen LogP contribution in [0.3, 0.4) is 0 Å². The molecule has 0 aromatic heterocycles. The van der Waals surface area contributed by atoms with Gasteiger partial charge < -0.3 is 10.3 Å². The zero-order chi connectivity index (χ0) is 8.36. The molecule has 0 bridgehead atoms. The minimum Gasteiger partial charge on any atom is -0.391 e. The van der Waals surface area contributed by atoms with Crippen LogP contribution in [0.4, 0.5) is 0 Å². The van der Waals surface area contributed by atoms with Crippen LogP contribution >= 0.6 is 18.8 Å². The Morgan fingerprint density at radius 3 is 2.10 bits per heavy atom. The highest BCUT2D eigenvalue weighted by molar-refractivity contribution is 8.10. The van der Waals surface area contributed by atoms with E-state index in [0.29, 0.717) is 0 Å². The van der Waals surface area contributed by atoms with Gasteiger partial charge in [0.15, 0.2) is 6.57 Å². The summed E-state index contributed by atoms with van der Waals surface area (Å²) in [7, 11) is 0. The number of hydrogen-bond acceptors (Lipinski definition) is 3. The third-order valence-electron chi connectivity index (χ3n) is 0.724. The van der Waals surface area contributed by atoms with Gasteiger partial charge in [0.05, 0.1) is 0 Å². The number of nitrogens with two attached hydrogens (primary N) is 3. The molecule has 0 fully saturated rings. The van der Waals surface area contributed by atoms with Gasteiger partial charge in [-0.25, -0.2) is 0 Å². The molecule has 0 saturated carbocycles. The quantitative estimate of drug-likeness (QED) is 0.431. The standard InChI is InChI=1S/C3H10N3OPS2/c1-2(3(4)9)7-8(5,6)10/h2H,1H3,(H2,4,9)(H4,5,6,10). The lowest BCUT2D eigenvalue weighted by Crippen LogP contribution is -2.27. The molecule has 0 spiro atoms. The van der Waals surface area contributed by atoms with Gasteiger partial charge in [0, 0.05) is 0 Å². The Kier molecular flexibility index (Phi) is 3.86. The minimum absolute atomic E-state index is 0.213. The van der Waals surface area contributed by atoms with Crippen molar-refractivity contribution in [1.82, 2.24) is 0 Å². The van der Waals surface area contributed by atoms with Gasteiger partial charge in [-0.15, -0.1) is 0 Å². The average molecular weight is 199 g/mol. The lowest BCUT2D eigenvalue weighted by atomic mass is 10.4. The van der Waals surface area contributed by atoms with Crippen LogP contribution in [-0.2, 0) is 16.3 Å². The lowest BCUT2D eigenvalue weighted by molar-refractivity contribution is 0.320. The largest absolute Gasteiger partial charge is 0.391 e. The van der Waals surface area contributed by atoms with Crippen molar-refractivity contribution >= 4 is 35.6 Å². The van der Waals surface area contributed by atoms with Gasteiger partial charge in [-0.1, -0.05) is 12.2 Å². The van der Waals surface area contributed by atoms with Crippen LogP contribution in [0, 0.1) is 0 Å². The Morgan fingerprint density at radius 1 is 1.60 bits per heavy atom. The second-order valence-electron chi connectivity index (χ2n) is 1.80. The first kappa shape index (κ1) is 10.4. The summed E-state index contributed by atoms with van der Waals surface area (Å²) in [6.45, 7) is -0.954. The van der Waals surface area contributed by atoms with Crippen molar-refractivity contribution in [2.24, 2.45) is 16.7 Å². The molecule has 0 aliphatic rings. The summed E-state index contributed by atoms with van der Waals surface area (Å²) in [6, 6.07) is 0. The molecule has 0 aliphatic carbocycles. The van der Waals surface area contributed by atoms with E-state index in [9.17, 15) is 0 Å². The lowest BCUT2D eigenvalue weighted by Gasteiger charge is -2.16. The zero-order valence-electron chi connectivity index (χ0n) is 5.48. The van der Waals surface area contributed by atoms with Crippen LogP contribution in [0.5, 0.6) is 0 Å². The molecule has 0 aliphatic heterocycles. The minimum atomic E-state index is -2.61. The average Bonchev–Trinajstić information content (AvgIpc) is 1.60. The Labute approximate surface area is 70.3 Å². The third kappa shape index (κ3) is 5.22. The van der Waals surface area contributed by atoms with Crippen LogP contribution in [0.25, 0.3) is 0 Å². The van der Waals surface area contributed by atoms with E-state index in [0.717, 1.165) is 0 Å². The highest BCUT2D eigenvalue weighted by Gasteiger charge is 2.11. The fourth-order valence-electron chi connectivity index (χ4n) is 0.299. The molecule has 0 rings (SSSR count). The highest BCUT2D eigenvalue weighted by atomic mass is 32.4. The van der Waals surface area contributed by atoms with Gasteiger partial charge in [0.1, 0.15) is 11.1 Å². The summed E-state index contributed by atoms with van der Waals surface area (Å²) < 4.78 is 4.91. The predicted octanol–water partition coefficient (Wildman–Crippen LogP) is -0.180. The molecule has 1 atom stereocenters. The van der Waals surface area contributed by atoms with Gasteiger partial charge in [0.2, 0.25) is 0 Å². The van der Waals surface area contributed by atoms with Crippen molar-refractivity contribution in [3.05, 3.63) is 0 Å². The van der Waals surface area contributed by atoms with Crippen molar-refractivity contribution in [3.8, 4) is 0 Å². The van der Waals surface area contributed by atoms with Gasteiger partial charge in [-0.2, -0.15) is 0 Å². The first-order valence-electron chi connectivity index (χ1n) is 2.48. The maximum Gasteiger partial charge on any atom is 0.193 e. The molecule has 0 aromatic rings. The Hall–Kier alpha value is 0.420. The Balaban J connectivity index is 3.93. The molecule has 0 radical (unpaired) electrons. The molecular formula is C3H10N3OPS2. The molecule has 0 saturated heterocycles. The number of thiocarbonyl (C=S) groups is 1. The second-order valence-corrected chi connectivity index (χ2v) is 5.48. The monoisotopic (exact) mass is 199 g/mol. The summed E-state index contributed by atoms with van der Waals surface area (Å²) in [5, 5.41) is 0. The summed E-state index contributed by atoms with van der Waals surface area (Å²) in [5.74, 6) is 0. The molecule has 1 unspecified atom stereocenters. The van der Waals surface area contributed by atoms with Gasteiger partial charge in [-0.05, 0) is 18.7 Å². The van der Waals surface area contributed by atoms with Crippen LogP contribution in [0.1, 0.15) is 6.92 Å². The number of rotatable bonds is 3. The van der Waals surface area contributed by atoms with E-state index < -0.39 is 12.7 Å². The molecule has 4 nitrogen and oxygen atoms in total. The number of hydrogen-bond donors (Lipinski definition) is 3. The second kappa shape index (κ2) is 3.71. The summed E-state index contributed by atoms with van der Waals surface area (Å²) in [6.07, 6.45) is -0.434. The Morgan fingerprint density at radius 2 is 2.00 bits per heavy atom. The first-order chi connectivity index (χ1) is 4.33. The molecule has 0 amide bonds. The van der Waals surface area contributed by atoms with Crippen molar-refractivity contribution in [2.45, 2.75) is 13.0 Å². The molecule has 7 heteroatoms. The molecule has 0 aromatic carbocycles. The molecular weight excluding hydrogens is 189 g/mol. The first-order valence-corrected chi connectivity index (χ1v) is 5.74. The van der Waals surface area contributed by atoms with E-state index in [1.54, 1.807) is 6.92 Å². The van der Waals surface area contributed by atoms with E-state index in [1.807, 2.05) is 0 Å². The van der Waals surface area contributed by atoms with E-state index in [-0.39, 0.29) is 4.99 Å². The van der Waals surface area contributed by atoms with Crippen LogP contribution < -0.4 is 16.7 Å². The predicted molar refractivity (Wildman–Crippen MR) is 50.0 cm³/mol. The fraction of sp³-hybridized carbons (Fsp3) is 0.667. The summed E-state index contributed by atoms with van der Waals surface area (Å²) >= 11 is 9.21. The van der Waals surface area contributed by atoms with Crippen molar-refractivity contribution in [2.75, 3.05) is 0 Å². The summed E-state index contributed by atoms with van der Waals surface area (Å²) in [4.78, 5) is 0.213. The van der Waals surface area contributed by atoms with Crippen LogP contribution in [0.15, 0.2) is 0 Å². The maximum atomic E-state index is 5.24. The Bertz CT molecular complexity index is 179. The topological polar surface area (TPSA) is 87.3 Å². The van der Waals surface area contributed by atoms with Crippen molar-refractivity contribution in [3.63, 3.8) is 0 Å². The van der Waals surface area contributed by atoms with E-state index in [4.69, 9.17) is 21.3 Å². The van der Waals surface area contributed by atoms with Crippen LogP contribution in [-0.4, -0.2) is 11.1 Å². The van der Waals surface area contributed by atoms with E-state index in [1.165, 1.54) is 0 Å². The van der Waals surface area contributed by atoms with Crippen molar-refractivity contribution in [1.29, 1.82) is 0 Å². The summed E-state index contributed by atoms with van der Waals surface area (Å²) in [5.41, 5.74) is 15.7. The smallest absolute Gasteiger partial charge is 0.193 e. The SMILES string of the molecule is CC(OP(N)(N)=S)C(N)=S. The fourth-order valence-corrected chi connectivity index (χ4v) is 1.41. The third-order valence-corrected chi connectivity index (χ3v) is 1.96. The van der Waals surface area contributed by atoms with E-state index in [2.05, 4.69) is 24.0 Å². The van der Waals surface area contributed by atoms with Gasteiger partial charge in [0.25, 0.3) is 0 Å². The molecule has 0 heterocycles. The van der Waals surface area contributed by atoms with Gasteiger partial charge >= 0.3 is 0 Å². The van der Waals surface area contributed by atoms with Crippen molar-refractivity contribution < 1.29 is 4.52 Å². The molecule has 6 N–H and O–H groups in total. The highest BCUT2D eigenvalue weighted by Crippen LogP contribution is 2.28. The van der Waals surface area contributed by atoms with E-state index >= 15 is 0 Å². The maximum absolute atomic E-state index is 5.24. The normalized spacial score (nSPS) is 14.7.